The minimum absolute atomic E-state index is 0. The molecule has 4 rings (SSSR count). The molecule has 1 aliphatic carbocycles. The van der Waals surface area contributed by atoms with Crippen LogP contribution in [0.1, 0.15) is 34.6 Å². The second-order valence-corrected chi connectivity index (χ2v) is 9.89. The number of ether oxygens (including phenoxy) is 3. The van der Waals surface area contributed by atoms with Gasteiger partial charge in [-0.2, -0.15) is 0 Å². The number of halogens is 1. The minimum atomic E-state index is -0.372. The van der Waals surface area contributed by atoms with Gasteiger partial charge >= 0.3 is 6.09 Å². The Balaban J connectivity index is 0.00000380. The number of carbonyl (C=O) groups is 2. The van der Waals surface area contributed by atoms with Gasteiger partial charge in [0.2, 0.25) is 5.91 Å². The van der Waals surface area contributed by atoms with Crippen LogP contribution in [-0.2, 0) is 24.1 Å². The topological polar surface area (TPSA) is 71.5 Å². The number of methoxy groups -OCH3 is 2. The summed E-state index contributed by atoms with van der Waals surface area (Å²) in [5, 5.41) is 0. The van der Waals surface area contributed by atoms with Gasteiger partial charge in [0.1, 0.15) is 5.75 Å². The average molecular weight is 532 g/mol. The summed E-state index contributed by atoms with van der Waals surface area (Å²) in [6, 6.07) is 9.96. The van der Waals surface area contributed by atoms with Crippen molar-refractivity contribution in [3.63, 3.8) is 0 Å². The first-order chi connectivity index (χ1) is 17.3. The Hall–Kier alpha value is -2.97. The van der Waals surface area contributed by atoms with Crippen molar-refractivity contribution in [2.45, 2.75) is 31.6 Å². The number of hydrogen-bond acceptors (Lipinski definition) is 6. The van der Waals surface area contributed by atoms with E-state index in [1.807, 2.05) is 29.2 Å². The summed E-state index contributed by atoms with van der Waals surface area (Å²) in [5.41, 5.74) is 4.98. The molecule has 0 aromatic heterocycles. The SMILES string of the molecule is COc1cc2c(cc1OC)CCN(C(=O)CCN(C)CC1Cc3cc(OC(=O)N(C)C)ccc31)CC2.Cl. The second-order valence-electron chi connectivity index (χ2n) is 9.89. The number of hydrogen-bond donors (Lipinski definition) is 0. The van der Waals surface area contributed by atoms with E-state index in [1.54, 1.807) is 28.3 Å². The molecule has 0 spiro atoms. The summed E-state index contributed by atoms with van der Waals surface area (Å²) in [6.07, 6.45) is 2.74. The van der Waals surface area contributed by atoms with E-state index in [4.69, 9.17) is 14.2 Å². The van der Waals surface area contributed by atoms with Crippen molar-refractivity contribution >= 4 is 24.4 Å². The highest BCUT2D eigenvalue weighted by Crippen LogP contribution is 2.38. The molecule has 0 fully saturated rings. The molecule has 1 atom stereocenters. The number of likely N-dealkylation sites (N-methyl/N-ethyl adjacent to an activating group) is 1. The van der Waals surface area contributed by atoms with Crippen LogP contribution in [0, 0.1) is 0 Å². The molecule has 1 heterocycles. The van der Waals surface area contributed by atoms with E-state index in [-0.39, 0.29) is 24.4 Å². The average Bonchev–Trinajstić information content (AvgIpc) is 3.07. The Bertz CT molecular complexity index is 1090. The molecular formula is C28H38ClN3O5. The monoisotopic (exact) mass is 531 g/mol. The van der Waals surface area contributed by atoms with Crippen LogP contribution in [0.25, 0.3) is 0 Å². The highest BCUT2D eigenvalue weighted by Gasteiger charge is 2.28. The van der Waals surface area contributed by atoms with Gasteiger partial charge in [0.25, 0.3) is 0 Å². The van der Waals surface area contributed by atoms with Crippen molar-refractivity contribution in [3.8, 4) is 17.2 Å². The highest BCUT2D eigenvalue weighted by molar-refractivity contribution is 5.85. The highest BCUT2D eigenvalue weighted by atomic mass is 35.5. The summed E-state index contributed by atoms with van der Waals surface area (Å²) in [4.78, 5) is 30.4. The summed E-state index contributed by atoms with van der Waals surface area (Å²) in [5.74, 6) is 2.70. The van der Waals surface area contributed by atoms with Crippen molar-refractivity contribution in [3.05, 3.63) is 52.6 Å². The number of benzene rings is 2. The van der Waals surface area contributed by atoms with E-state index in [0.717, 1.165) is 56.9 Å². The normalized spacial score (nSPS) is 15.9. The molecule has 1 aliphatic heterocycles. The van der Waals surface area contributed by atoms with Crippen molar-refractivity contribution < 1.29 is 23.8 Å². The van der Waals surface area contributed by atoms with Crippen LogP contribution in [0.2, 0.25) is 0 Å². The fourth-order valence-electron chi connectivity index (χ4n) is 5.03. The van der Waals surface area contributed by atoms with Crippen molar-refractivity contribution in [2.24, 2.45) is 0 Å². The van der Waals surface area contributed by atoms with Gasteiger partial charge < -0.3 is 28.9 Å². The van der Waals surface area contributed by atoms with E-state index < -0.39 is 0 Å². The Morgan fingerprint density at radius 3 is 2.11 bits per heavy atom. The van der Waals surface area contributed by atoms with E-state index in [9.17, 15) is 9.59 Å². The first-order valence-corrected chi connectivity index (χ1v) is 12.5. The van der Waals surface area contributed by atoms with Gasteiger partial charge in [-0.1, -0.05) is 6.07 Å². The standard InChI is InChI=1S/C28H37N3O5.ClH/c1-29(2)28(33)36-23-6-7-24-21(15-23)14-22(24)18-30(3)11-10-27(32)31-12-8-19-16-25(34-4)26(35-5)17-20(19)9-13-31;/h6-7,15-17,22H,8-14,18H2,1-5H3;1H. The Morgan fingerprint density at radius 1 is 0.946 bits per heavy atom. The number of fused-ring (bicyclic) bond motifs is 2. The van der Waals surface area contributed by atoms with E-state index in [2.05, 4.69) is 18.0 Å². The number of rotatable bonds is 8. The lowest BCUT2D eigenvalue weighted by Crippen LogP contribution is -2.37. The van der Waals surface area contributed by atoms with E-state index in [1.165, 1.54) is 27.2 Å². The molecule has 202 valence electrons. The van der Waals surface area contributed by atoms with Crippen LogP contribution in [-0.4, -0.2) is 88.2 Å². The van der Waals surface area contributed by atoms with E-state index >= 15 is 0 Å². The second kappa shape index (κ2) is 12.5. The van der Waals surface area contributed by atoms with Crippen molar-refractivity contribution in [2.75, 3.05) is 61.5 Å². The molecule has 0 radical (unpaired) electrons. The molecule has 37 heavy (non-hydrogen) atoms. The fourth-order valence-corrected chi connectivity index (χ4v) is 5.03. The first kappa shape index (κ1) is 28.6. The van der Waals surface area contributed by atoms with Crippen LogP contribution >= 0.6 is 12.4 Å². The maximum atomic E-state index is 13.0. The maximum Gasteiger partial charge on any atom is 0.414 e. The molecular weight excluding hydrogens is 494 g/mol. The fraction of sp³-hybridized carbons (Fsp3) is 0.500. The van der Waals surface area contributed by atoms with Crippen LogP contribution in [0.15, 0.2) is 30.3 Å². The van der Waals surface area contributed by atoms with Crippen LogP contribution in [0.5, 0.6) is 17.2 Å². The quantitative estimate of drug-likeness (QED) is 0.516. The third-order valence-electron chi connectivity index (χ3n) is 7.19. The summed E-state index contributed by atoms with van der Waals surface area (Å²) < 4.78 is 16.3. The van der Waals surface area contributed by atoms with Gasteiger partial charge in [0.05, 0.1) is 14.2 Å². The van der Waals surface area contributed by atoms with Gasteiger partial charge in [0, 0.05) is 52.6 Å². The van der Waals surface area contributed by atoms with Gasteiger partial charge in [-0.25, -0.2) is 4.79 Å². The molecule has 1 unspecified atom stereocenters. The van der Waals surface area contributed by atoms with Crippen LogP contribution in [0.3, 0.4) is 0 Å². The molecule has 2 amide bonds. The first-order valence-electron chi connectivity index (χ1n) is 12.5. The smallest absolute Gasteiger partial charge is 0.414 e. The van der Waals surface area contributed by atoms with Crippen molar-refractivity contribution in [1.82, 2.24) is 14.7 Å². The molecule has 0 saturated carbocycles. The molecule has 2 aromatic carbocycles. The maximum absolute atomic E-state index is 13.0. The third kappa shape index (κ3) is 6.67. The Labute approximate surface area is 225 Å². The lowest BCUT2D eigenvalue weighted by atomic mass is 9.77. The molecule has 2 aliphatic rings. The van der Waals surface area contributed by atoms with Crippen LogP contribution < -0.4 is 14.2 Å². The molecule has 0 bridgehead atoms. The lowest BCUT2D eigenvalue weighted by molar-refractivity contribution is -0.131. The summed E-state index contributed by atoms with van der Waals surface area (Å²) in [7, 11) is 8.71. The zero-order valence-electron chi connectivity index (χ0n) is 22.4. The Kier molecular flexibility index (Phi) is 9.68. The number of amides is 2. The third-order valence-corrected chi connectivity index (χ3v) is 7.19. The van der Waals surface area contributed by atoms with Crippen molar-refractivity contribution in [1.29, 1.82) is 0 Å². The Morgan fingerprint density at radius 2 is 1.57 bits per heavy atom. The summed E-state index contributed by atoms with van der Waals surface area (Å²) in [6.45, 7) is 3.08. The minimum Gasteiger partial charge on any atom is -0.493 e. The molecule has 9 heteroatoms. The zero-order valence-corrected chi connectivity index (χ0v) is 23.2. The van der Waals surface area contributed by atoms with Gasteiger partial charge in [-0.05, 0) is 72.8 Å². The largest absolute Gasteiger partial charge is 0.493 e. The zero-order chi connectivity index (χ0) is 25.8. The predicted octanol–water partition coefficient (Wildman–Crippen LogP) is 3.78. The van der Waals surface area contributed by atoms with E-state index in [0.29, 0.717) is 18.1 Å². The lowest BCUT2D eigenvalue weighted by Gasteiger charge is -2.34. The van der Waals surface area contributed by atoms with Gasteiger partial charge in [0.15, 0.2) is 11.5 Å². The molecule has 8 nitrogen and oxygen atoms in total. The number of nitrogens with zero attached hydrogens (tertiary/aromatic N) is 3. The molecule has 0 saturated heterocycles. The summed E-state index contributed by atoms with van der Waals surface area (Å²) >= 11 is 0. The number of carbonyl (C=O) groups excluding carboxylic acids is 2. The molecule has 0 N–H and O–H groups in total. The van der Waals surface area contributed by atoms with Gasteiger partial charge in [-0.3, -0.25) is 4.79 Å². The predicted molar refractivity (Wildman–Crippen MR) is 145 cm³/mol. The van der Waals surface area contributed by atoms with Gasteiger partial charge in [-0.15, -0.1) is 12.4 Å². The molecule has 2 aromatic rings. The van der Waals surface area contributed by atoms with Crippen LogP contribution in [0.4, 0.5) is 4.79 Å².